The Morgan fingerprint density at radius 2 is 1.68 bits per heavy atom. The van der Waals surface area contributed by atoms with E-state index < -0.39 is 6.10 Å². The summed E-state index contributed by atoms with van der Waals surface area (Å²) >= 11 is 0. The molecule has 4 nitrogen and oxygen atoms in total. The lowest BCUT2D eigenvalue weighted by Gasteiger charge is -2.18. The van der Waals surface area contributed by atoms with E-state index in [1.807, 2.05) is 62.4 Å². The molecule has 3 aromatic carbocycles. The molecule has 3 rings (SSSR count). The monoisotopic (exact) mass is 377 g/mol. The van der Waals surface area contributed by atoms with Crippen LogP contribution >= 0.6 is 0 Å². The van der Waals surface area contributed by atoms with Crippen LogP contribution in [0.15, 0.2) is 60.7 Å². The number of benzene rings is 3. The number of ether oxygens (including phenoxy) is 2. The predicted molar refractivity (Wildman–Crippen MR) is 113 cm³/mol. The molecule has 1 amide bonds. The molecule has 0 fully saturated rings. The Balaban J connectivity index is 1.48. The second-order valence-electron chi connectivity index (χ2n) is 6.91. The van der Waals surface area contributed by atoms with Crippen LogP contribution in [0.2, 0.25) is 0 Å². The van der Waals surface area contributed by atoms with E-state index in [2.05, 4.69) is 24.4 Å². The second-order valence-corrected chi connectivity index (χ2v) is 6.91. The number of carbonyl (C=O) groups excluding carboxylic acids is 1. The largest absolute Gasteiger partial charge is 0.492 e. The van der Waals surface area contributed by atoms with Gasteiger partial charge in [0.25, 0.3) is 5.91 Å². The lowest BCUT2D eigenvalue weighted by atomic mass is 10.1. The molecule has 1 atom stereocenters. The normalized spacial score (nSPS) is 11.8. The van der Waals surface area contributed by atoms with Crippen molar-refractivity contribution in [1.29, 1.82) is 0 Å². The maximum atomic E-state index is 12.4. The van der Waals surface area contributed by atoms with Gasteiger partial charge in [-0.05, 0) is 66.4 Å². The first-order chi connectivity index (χ1) is 13.6. The Morgan fingerprint density at radius 1 is 0.929 bits per heavy atom. The van der Waals surface area contributed by atoms with Crippen molar-refractivity contribution in [1.82, 2.24) is 5.32 Å². The molecule has 0 aromatic heterocycles. The minimum atomic E-state index is -0.511. The molecule has 1 N–H and O–H groups in total. The molecule has 0 aliphatic rings. The minimum absolute atomic E-state index is 0.122. The van der Waals surface area contributed by atoms with Gasteiger partial charge in [0.2, 0.25) is 0 Å². The van der Waals surface area contributed by atoms with E-state index in [4.69, 9.17) is 9.47 Å². The van der Waals surface area contributed by atoms with Crippen molar-refractivity contribution >= 4 is 16.7 Å². The van der Waals surface area contributed by atoms with E-state index >= 15 is 0 Å². The van der Waals surface area contributed by atoms with Gasteiger partial charge in [-0.25, -0.2) is 0 Å². The molecule has 0 spiro atoms. The number of rotatable bonds is 8. The van der Waals surface area contributed by atoms with Gasteiger partial charge in [0.15, 0.2) is 6.10 Å². The fourth-order valence-electron chi connectivity index (χ4n) is 2.99. The van der Waals surface area contributed by atoms with Crippen LogP contribution < -0.4 is 14.8 Å². The SMILES string of the molecule is CCC(Oc1ccc(C)c(C)c1)C(=O)NCCOc1ccc2ccccc2c1. The van der Waals surface area contributed by atoms with Gasteiger partial charge in [-0.2, -0.15) is 0 Å². The van der Waals surface area contributed by atoms with Crippen LogP contribution in [0.25, 0.3) is 10.8 Å². The highest BCUT2D eigenvalue weighted by molar-refractivity contribution is 5.83. The fourth-order valence-corrected chi connectivity index (χ4v) is 2.99. The van der Waals surface area contributed by atoms with Crippen LogP contribution in [-0.4, -0.2) is 25.2 Å². The minimum Gasteiger partial charge on any atom is -0.492 e. The Bertz CT molecular complexity index is 951. The van der Waals surface area contributed by atoms with Crippen molar-refractivity contribution in [2.75, 3.05) is 13.2 Å². The lowest BCUT2D eigenvalue weighted by Crippen LogP contribution is -2.39. The molecular formula is C24H27NO3. The zero-order chi connectivity index (χ0) is 19.9. The van der Waals surface area contributed by atoms with Crippen LogP contribution in [-0.2, 0) is 4.79 Å². The smallest absolute Gasteiger partial charge is 0.261 e. The van der Waals surface area contributed by atoms with E-state index in [1.54, 1.807) is 0 Å². The average Bonchev–Trinajstić information content (AvgIpc) is 2.71. The molecule has 0 bridgehead atoms. The van der Waals surface area contributed by atoms with Crippen LogP contribution in [0.3, 0.4) is 0 Å². The molecule has 0 radical (unpaired) electrons. The third-order valence-electron chi connectivity index (χ3n) is 4.81. The zero-order valence-corrected chi connectivity index (χ0v) is 16.7. The van der Waals surface area contributed by atoms with Crippen molar-refractivity contribution in [2.24, 2.45) is 0 Å². The first-order valence-electron chi connectivity index (χ1n) is 9.70. The number of fused-ring (bicyclic) bond motifs is 1. The van der Waals surface area contributed by atoms with Crippen molar-refractivity contribution in [3.8, 4) is 11.5 Å². The van der Waals surface area contributed by atoms with Crippen LogP contribution in [0.4, 0.5) is 0 Å². The first kappa shape index (κ1) is 19.7. The van der Waals surface area contributed by atoms with E-state index in [0.29, 0.717) is 19.6 Å². The predicted octanol–water partition coefficient (Wildman–Crippen LogP) is 4.81. The number of amides is 1. The summed E-state index contributed by atoms with van der Waals surface area (Å²) in [4.78, 5) is 12.4. The first-order valence-corrected chi connectivity index (χ1v) is 9.70. The summed E-state index contributed by atoms with van der Waals surface area (Å²) in [5.74, 6) is 1.40. The summed E-state index contributed by atoms with van der Waals surface area (Å²) in [6, 6.07) is 20.0. The zero-order valence-electron chi connectivity index (χ0n) is 16.7. The van der Waals surface area contributed by atoms with Crippen LogP contribution in [0.1, 0.15) is 24.5 Å². The fraction of sp³-hybridized carbons (Fsp3) is 0.292. The molecular weight excluding hydrogens is 350 g/mol. The topological polar surface area (TPSA) is 47.6 Å². The van der Waals surface area contributed by atoms with E-state index in [9.17, 15) is 4.79 Å². The van der Waals surface area contributed by atoms with Gasteiger partial charge < -0.3 is 14.8 Å². The molecule has 0 heterocycles. The molecule has 4 heteroatoms. The van der Waals surface area contributed by atoms with Gasteiger partial charge in [-0.1, -0.05) is 43.3 Å². The second kappa shape index (κ2) is 9.27. The Labute approximate surface area is 166 Å². The molecule has 0 saturated heterocycles. The van der Waals surface area contributed by atoms with E-state index in [1.165, 1.54) is 10.9 Å². The van der Waals surface area contributed by atoms with Gasteiger partial charge in [0.1, 0.15) is 18.1 Å². The summed E-state index contributed by atoms with van der Waals surface area (Å²) in [5.41, 5.74) is 2.35. The van der Waals surface area contributed by atoms with Crippen molar-refractivity contribution < 1.29 is 14.3 Å². The van der Waals surface area contributed by atoms with Crippen LogP contribution in [0.5, 0.6) is 11.5 Å². The average molecular weight is 377 g/mol. The molecule has 3 aromatic rings. The number of hydrogen-bond acceptors (Lipinski definition) is 3. The standard InChI is InChI=1S/C24H27NO3/c1-4-23(28-22-11-9-17(2)18(3)15-22)24(26)25-13-14-27-21-12-10-19-7-5-6-8-20(19)16-21/h5-12,15-16,23H,4,13-14H2,1-3H3,(H,25,26). The number of nitrogens with one attached hydrogen (secondary N) is 1. The van der Waals surface area contributed by atoms with E-state index in [-0.39, 0.29) is 5.91 Å². The van der Waals surface area contributed by atoms with Crippen molar-refractivity contribution in [2.45, 2.75) is 33.3 Å². The van der Waals surface area contributed by atoms with Crippen molar-refractivity contribution in [3.05, 3.63) is 71.8 Å². The van der Waals surface area contributed by atoms with Gasteiger partial charge in [-0.15, -0.1) is 0 Å². The number of aryl methyl sites for hydroxylation is 2. The third kappa shape index (κ3) is 5.03. The van der Waals surface area contributed by atoms with Gasteiger partial charge >= 0.3 is 0 Å². The van der Waals surface area contributed by atoms with Gasteiger partial charge in [-0.3, -0.25) is 4.79 Å². The highest BCUT2D eigenvalue weighted by atomic mass is 16.5. The van der Waals surface area contributed by atoms with Crippen LogP contribution in [0, 0.1) is 13.8 Å². The number of hydrogen-bond donors (Lipinski definition) is 1. The van der Waals surface area contributed by atoms with Gasteiger partial charge in [0.05, 0.1) is 6.54 Å². The van der Waals surface area contributed by atoms with Crippen molar-refractivity contribution in [3.63, 3.8) is 0 Å². The molecule has 1 unspecified atom stereocenters. The molecule has 146 valence electrons. The lowest BCUT2D eigenvalue weighted by molar-refractivity contribution is -0.128. The quantitative estimate of drug-likeness (QED) is 0.573. The Hall–Kier alpha value is -3.01. The molecule has 28 heavy (non-hydrogen) atoms. The highest BCUT2D eigenvalue weighted by Crippen LogP contribution is 2.20. The summed E-state index contributed by atoms with van der Waals surface area (Å²) in [5, 5.41) is 5.21. The summed E-state index contributed by atoms with van der Waals surface area (Å²) in [7, 11) is 0. The maximum absolute atomic E-state index is 12.4. The highest BCUT2D eigenvalue weighted by Gasteiger charge is 2.18. The Kier molecular flexibility index (Phi) is 6.53. The summed E-state index contributed by atoms with van der Waals surface area (Å²) in [6.07, 6.45) is 0.0902. The summed E-state index contributed by atoms with van der Waals surface area (Å²) in [6.45, 7) is 6.87. The molecule has 0 aliphatic heterocycles. The number of carbonyl (C=O) groups is 1. The van der Waals surface area contributed by atoms with Gasteiger partial charge in [0, 0.05) is 0 Å². The van der Waals surface area contributed by atoms with E-state index in [0.717, 1.165) is 22.4 Å². The molecule has 0 aliphatic carbocycles. The third-order valence-corrected chi connectivity index (χ3v) is 4.81. The maximum Gasteiger partial charge on any atom is 0.261 e. The summed E-state index contributed by atoms with van der Waals surface area (Å²) < 4.78 is 11.6. The Morgan fingerprint density at radius 3 is 2.43 bits per heavy atom. The molecule has 0 saturated carbocycles.